The fraction of sp³-hybridized carbons (Fsp3) is 0.250. The zero-order valence-corrected chi connectivity index (χ0v) is 15.8. The zero-order chi connectivity index (χ0) is 18.1. The largest absolute Gasteiger partial charge is 0.330 e. The Morgan fingerprint density at radius 2 is 1.88 bits per heavy atom. The minimum atomic E-state index is -3.07. The number of hydrogen-bond acceptors (Lipinski definition) is 4. The summed E-state index contributed by atoms with van der Waals surface area (Å²) in [5.41, 5.74) is 1.04. The maximum atomic E-state index is 13.1. The van der Waals surface area contributed by atoms with Crippen molar-refractivity contribution in [2.75, 3.05) is 11.5 Å². The Labute approximate surface area is 157 Å². The monoisotopic (exact) mass is 385 g/mol. The summed E-state index contributed by atoms with van der Waals surface area (Å²) < 4.78 is 24.0. The normalized spacial score (nSPS) is 18.8. The lowest BCUT2D eigenvalue weighted by Crippen LogP contribution is -2.40. The van der Waals surface area contributed by atoms with Crippen LogP contribution in [0.15, 0.2) is 60.0 Å². The van der Waals surface area contributed by atoms with Crippen LogP contribution < -0.4 is 0 Å². The lowest BCUT2D eigenvalue weighted by atomic mass is 10.0. The second kappa shape index (κ2) is 6.85. The lowest BCUT2D eigenvalue weighted by molar-refractivity contribution is 0.0687. The summed E-state index contributed by atoms with van der Waals surface area (Å²) in [6, 6.07) is 17.5. The number of sulfone groups is 1. The maximum absolute atomic E-state index is 13.1. The minimum absolute atomic E-state index is 0.0505. The van der Waals surface area contributed by atoms with Crippen LogP contribution in [0.2, 0.25) is 0 Å². The third kappa shape index (κ3) is 3.39. The first-order valence-corrected chi connectivity index (χ1v) is 11.3. The van der Waals surface area contributed by atoms with Crippen LogP contribution in [0.3, 0.4) is 0 Å². The van der Waals surface area contributed by atoms with E-state index >= 15 is 0 Å². The van der Waals surface area contributed by atoms with Crippen molar-refractivity contribution in [1.29, 1.82) is 0 Å². The van der Waals surface area contributed by atoms with Gasteiger partial charge in [-0.15, -0.1) is 11.3 Å². The van der Waals surface area contributed by atoms with Crippen molar-refractivity contribution in [1.82, 2.24) is 4.90 Å². The molecule has 6 heteroatoms. The SMILES string of the molecule is O=C(c1cccs1)N(Cc1cccc2ccccc12)C1CCS(=O)(=O)C1. The minimum Gasteiger partial charge on any atom is -0.330 e. The first-order chi connectivity index (χ1) is 12.5. The van der Waals surface area contributed by atoms with Crippen molar-refractivity contribution in [3.05, 3.63) is 70.4 Å². The number of amides is 1. The summed E-state index contributed by atoms with van der Waals surface area (Å²) in [6.45, 7) is 0.415. The molecule has 2 heterocycles. The van der Waals surface area contributed by atoms with Gasteiger partial charge in [0.1, 0.15) is 0 Å². The maximum Gasteiger partial charge on any atom is 0.264 e. The van der Waals surface area contributed by atoms with Crippen molar-refractivity contribution in [3.8, 4) is 0 Å². The van der Waals surface area contributed by atoms with Gasteiger partial charge in [0.05, 0.1) is 16.4 Å². The predicted molar refractivity (Wildman–Crippen MR) is 105 cm³/mol. The van der Waals surface area contributed by atoms with Gasteiger partial charge >= 0.3 is 0 Å². The fourth-order valence-electron chi connectivity index (χ4n) is 3.54. The molecule has 1 atom stereocenters. The Hall–Kier alpha value is -2.18. The summed E-state index contributed by atoms with van der Waals surface area (Å²) in [7, 11) is -3.07. The topological polar surface area (TPSA) is 54.5 Å². The van der Waals surface area contributed by atoms with E-state index in [-0.39, 0.29) is 23.5 Å². The second-order valence-corrected chi connectivity index (χ2v) is 9.78. The number of thiophene rings is 1. The standard InChI is InChI=1S/C20H19NO3S2/c22-20(19-9-4-11-25-19)21(17-10-12-26(23,24)14-17)13-16-7-3-6-15-5-1-2-8-18(15)16/h1-9,11,17H,10,12-14H2. The van der Waals surface area contributed by atoms with E-state index in [0.29, 0.717) is 17.8 Å². The Morgan fingerprint density at radius 3 is 2.62 bits per heavy atom. The predicted octanol–water partition coefficient (Wildman–Crippen LogP) is 3.73. The number of nitrogens with zero attached hydrogens (tertiary/aromatic N) is 1. The number of carbonyl (C=O) groups excluding carboxylic acids is 1. The van der Waals surface area contributed by atoms with E-state index in [1.54, 1.807) is 11.0 Å². The molecule has 1 saturated heterocycles. The summed E-state index contributed by atoms with van der Waals surface area (Å²) in [5, 5.41) is 4.08. The van der Waals surface area contributed by atoms with E-state index in [4.69, 9.17) is 0 Å². The third-order valence-electron chi connectivity index (χ3n) is 4.86. The molecule has 1 fully saturated rings. The number of carbonyl (C=O) groups is 1. The Balaban J connectivity index is 1.72. The highest BCUT2D eigenvalue weighted by molar-refractivity contribution is 7.91. The van der Waals surface area contributed by atoms with Gasteiger partial charge in [-0.2, -0.15) is 0 Å². The summed E-state index contributed by atoms with van der Waals surface area (Å²) in [4.78, 5) is 15.5. The second-order valence-electron chi connectivity index (χ2n) is 6.61. The van der Waals surface area contributed by atoms with Gasteiger partial charge < -0.3 is 4.90 Å². The van der Waals surface area contributed by atoms with Crippen LogP contribution in [0.1, 0.15) is 21.7 Å². The van der Waals surface area contributed by atoms with E-state index in [9.17, 15) is 13.2 Å². The van der Waals surface area contributed by atoms with Gasteiger partial charge in [0.15, 0.2) is 9.84 Å². The average Bonchev–Trinajstić information content (AvgIpc) is 3.29. The first-order valence-electron chi connectivity index (χ1n) is 8.55. The molecular formula is C20H19NO3S2. The van der Waals surface area contributed by atoms with E-state index in [1.165, 1.54) is 11.3 Å². The highest BCUT2D eigenvalue weighted by atomic mass is 32.2. The molecule has 1 aliphatic heterocycles. The molecule has 0 bridgehead atoms. The molecule has 0 saturated carbocycles. The van der Waals surface area contributed by atoms with Gasteiger partial charge in [-0.05, 0) is 34.2 Å². The number of fused-ring (bicyclic) bond motifs is 1. The van der Waals surface area contributed by atoms with Crippen molar-refractivity contribution in [2.45, 2.75) is 19.0 Å². The van der Waals surface area contributed by atoms with Crippen molar-refractivity contribution in [2.24, 2.45) is 0 Å². The quantitative estimate of drug-likeness (QED) is 0.688. The number of rotatable bonds is 4. The van der Waals surface area contributed by atoms with Crippen molar-refractivity contribution in [3.63, 3.8) is 0 Å². The van der Waals surface area contributed by atoms with Crippen LogP contribution in [0.25, 0.3) is 10.8 Å². The van der Waals surface area contributed by atoms with Crippen LogP contribution >= 0.6 is 11.3 Å². The molecule has 134 valence electrons. The smallest absolute Gasteiger partial charge is 0.264 e. The molecule has 2 aromatic carbocycles. The molecule has 4 nitrogen and oxygen atoms in total. The summed E-state index contributed by atoms with van der Waals surface area (Å²) >= 11 is 1.39. The molecule has 3 aromatic rings. The van der Waals surface area contributed by atoms with Crippen LogP contribution in [-0.4, -0.2) is 36.8 Å². The Kier molecular flexibility index (Phi) is 4.54. The number of hydrogen-bond donors (Lipinski definition) is 0. The summed E-state index contributed by atoms with van der Waals surface area (Å²) in [5.74, 6) is 0.117. The van der Waals surface area contributed by atoms with Gasteiger partial charge in [-0.3, -0.25) is 4.79 Å². The summed E-state index contributed by atoms with van der Waals surface area (Å²) in [6.07, 6.45) is 0.504. The van der Waals surface area contributed by atoms with Crippen LogP contribution in [-0.2, 0) is 16.4 Å². The Bertz CT molecular complexity index is 1040. The van der Waals surface area contributed by atoms with Gasteiger partial charge in [0.2, 0.25) is 0 Å². The Morgan fingerprint density at radius 1 is 1.08 bits per heavy atom. The first kappa shape index (κ1) is 17.2. The molecule has 1 aliphatic rings. The molecular weight excluding hydrogens is 366 g/mol. The van der Waals surface area contributed by atoms with E-state index in [0.717, 1.165) is 16.3 Å². The molecule has 1 amide bonds. The van der Waals surface area contributed by atoms with E-state index in [2.05, 4.69) is 0 Å². The van der Waals surface area contributed by atoms with Crippen molar-refractivity contribution < 1.29 is 13.2 Å². The molecule has 0 N–H and O–H groups in total. The van der Waals surface area contributed by atoms with Gasteiger partial charge in [-0.1, -0.05) is 48.5 Å². The van der Waals surface area contributed by atoms with E-state index in [1.807, 2.05) is 53.9 Å². The highest BCUT2D eigenvalue weighted by Gasteiger charge is 2.35. The molecule has 0 aliphatic carbocycles. The van der Waals surface area contributed by atoms with Gasteiger partial charge in [0.25, 0.3) is 5.91 Å². The van der Waals surface area contributed by atoms with E-state index < -0.39 is 9.84 Å². The third-order valence-corrected chi connectivity index (χ3v) is 7.47. The average molecular weight is 386 g/mol. The molecule has 0 spiro atoms. The fourth-order valence-corrected chi connectivity index (χ4v) is 5.95. The molecule has 1 aromatic heterocycles. The van der Waals surface area contributed by atoms with Crippen LogP contribution in [0.4, 0.5) is 0 Å². The molecule has 4 rings (SSSR count). The van der Waals surface area contributed by atoms with Gasteiger partial charge in [-0.25, -0.2) is 8.42 Å². The zero-order valence-electron chi connectivity index (χ0n) is 14.2. The van der Waals surface area contributed by atoms with Gasteiger partial charge in [0, 0.05) is 12.6 Å². The van der Waals surface area contributed by atoms with Crippen LogP contribution in [0, 0.1) is 0 Å². The lowest BCUT2D eigenvalue weighted by Gasteiger charge is -2.28. The molecule has 26 heavy (non-hydrogen) atoms. The molecule has 0 radical (unpaired) electrons. The van der Waals surface area contributed by atoms with Crippen molar-refractivity contribution >= 4 is 37.9 Å². The van der Waals surface area contributed by atoms with Crippen LogP contribution in [0.5, 0.6) is 0 Å². The molecule has 1 unspecified atom stereocenters. The highest BCUT2D eigenvalue weighted by Crippen LogP contribution is 2.26. The number of benzene rings is 2.